The van der Waals surface area contributed by atoms with E-state index in [0.29, 0.717) is 30.1 Å². The molecule has 0 aromatic heterocycles. The fraction of sp³-hybridized carbons (Fsp3) is 0.462. The standard InChI is InChI=1S/C26H35NO4/c1-3-5-7-8-9-10-20-30-23-16-14-22(15-17-23)26(28)31-24-18-12-21(13-19-24)25(27-29)11-6-4-2/h12-19,29H,3-11,20H2,1-2H3/b27-25+. The monoisotopic (exact) mass is 425 g/mol. The molecular weight excluding hydrogens is 390 g/mol. The molecule has 0 unspecified atom stereocenters. The minimum absolute atomic E-state index is 0.419. The van der Waals surface area contributed by atoms with Gasteiger partial charge in [0.1, 0.15) is 11.5 Å². The Labute approximate surface area is 186 Å². The van der Waals surface area contributed by atoms with Gasteiger partial charge in [0.05, 0.1) is 17.9 Å². The van der Waals surface area contributed by atoms with Gasteiger partial charge in [-0.3, -0.25) is 0 Å². The SMILES string of the molecule is CCCCCCCCOc1ccc(C(=O)Oc2ccc(/C(CCCC)=N/O)cc2)cc1. The van der Waals surface area contributed by atoms with Gasteiger partial charge in [-0.25, -0.2) is 4.79 Å². The number of unbranched alkanes of at least 4 members (excludes halogenated alkanes) is 6. The normalized spacial score (nSPS) is 11.4. The number of benzene rings is 2. The molecule has 0 saturated carbocycles. The Bertz CT molecular complexity index is 797. The number of carbonyl (C=O) groups excluding carboxylic acids is 1. The molecule has 2 aromatic carbocycles. The topological polar surface area (TPSA) is 68.1 Å². The van der Waals surface area contributed by atoms with Crippen molar-refractivity contribution in [3.05, 3.63) is 59.7 Å². The first kappa shape index (κ1) is 24.4. The highest BCUT2D eigenvalue weighted by Gasteiger charge is 2.10. The van der Waals surface area contributed by atoms with Gasteiger partial charge in [-0.2, -0.15) is 0 Å². The highest BCUT2D eigenvalue weighted by Crippen LogP contribution is 2.18. The molecule has 0 amide bonds. The maximum atomic E-state index is 12.4. The fourth-order valence-corrected chi connectivity index (χ4v) is 3.24. The lowest BCUT2D eigenvalue weighted by molar-refractivity contribution is 0.0734. The first-order chi connectivity index (χ1) is 15.2. The van der Waals surface area contributed by atoms with Gasteiger partial charge in [0, 0.05) is 0 Å². The fourth-order valence-electron chi connectivity index (χ4n) is 3.24. The van der Waals surface area contributed by atoms with E-state index in [1.54, 1.807) is 48.5 Å². The van der Waals surface area contributed by atoms with E-state index >= 15 is 0 Å². The van der Waals surface area contributed by atoms with Gasteiger partial charge in [0.15, 0.2) is 0 Å². The molecule has 0 aliphatic heterocycles. The molecular formula is C26H35NO4. The van der Waals surface area contributed by atoms with E-state index in [-0.39, 0.29) is 0 Å². The maximum Gasteiger partial charge on any atom is 0.343 e. The zero-order chi connectivity index (χ0) is 22.3. The van der Waals surface area contributed by atoms with Crippen LogP contribution in [0.5, 0.6) is 11.5 Å². The van der Waals surface area contributed by atoms with Crippen LogP contribution in [0, 0.1) is 0 Å². The molecule has 0 aliphatic rings. The van der Waals surface area contributed by atoms with Crippen LogP contribution >= 0.6 is 0 Å². The van der Waals surface area contributed by atoms with Gasteiger partial charge in [-0.1, -0.05) is 57.5 Å². The number of carbonyl (C=O) groups is 1. The number of rotatable bonds is 14. The van der Waals surface area contributed by atoms with Crippen LogP contribution in [-0.4, -0.2) is 23.5 Å². The van der Waals surface area contributed by atoms with E-state index in [4.69, 9.17) is 9.47 Å². The second-order valence-corrected chi connectivity index (χ2v) is 7.70. The largest absolute Gasteiger partial charge is 0.494 e. The van der Waals surface area contributed by atoms with Gasteiger partial charge < -0.3 is 14.7 Å². The predicted molar refractivity (Wildman–Crippen MR) is 125 cm³/mol. The predicted octanol–water partition coefficient (Wildman–Crippen LogP) is 7.01. The molecule has 0 saturated heterocycles. The minimum Gasteiger partial charge on any atom is -0.494 e. The summed E-state index contributed by atoms with van der Waals surface area (Å²) >= 11 is 0. The number of hydrogen-bond donors (Lipinski definition) is 1. The van der Waals surface area contributed by atoms with E-state index in [1.165, 1.54) is 32.1 Å². The Kier molecular flexibility index (Phi) is 11.2. The van der Waals surface area contributed by atoms with Crippen LogP contribution in [-0.2, 0) is 0 Å². The summed E-state index contributed by atoms with van der Waals surface area (Å²) in [5.41, 5.74) is 1.93. The van der Waals surface area contributed by atoms with Gasteiger partial charge >= 0.3 is 5.97 Å². The van der Waals surface area contributed by atoms with Crippen molar-refractivity contribution in [1.82, 2.24) is 0 Å². The summed E-state index contributed by atoms with van der Waals surface area (Å²) in [7, 11) is 0. The first-order valence-corrected chi connectivity index (χ1v) is 11.4. The number of esters is 1. The van der Waals surface area contributed by atoms with Crippen molar-refractivity contribution in [3.63, 3.8) is 0 Å². The molecule has 31 heavy (non-hydrogen) atoms. The maximum absolute atomic E-state index is 12.4. The highest BCUT2D eigenvalue weighted by atomic mass is 16.5. The van der Waals surface area contributed by atoms with E-state index in [0.717, 1.165) is 30.6 Å². The van der Waals surface area contributed by atoms with Crippen LogP contribution in [0.1, 0.15) is 87.6 Å². The van der Waals surface area contributed by atoms with Crippen molar-refractivity contribution in [2.24, 2.45) is 5.16 Å². The summed E-state index contributed by atoms with van der Waals surface area (Å²) in [5, 5.41) is 12.6. The van der Waals surface area contributed by atoms with Crippen LogP contribution in [0.15, 0.2) is 53.7 Å². The van der Waals surface area contributed by atoms with Crippen LogP contribution in [0.4, 0.5) is 0 Å². The molecule has 0 aliphatic carbocycles. The molecule has 168 valence electrons. The Morgan fingerprint density at radius 2 is 1.35 bits per heavy atom. The van der Waals surface area contributed by atoms with Crippen molar-refractivity contribution in [2.75, 3.05) is 6.61 Å². The second-order valence-electron chi connectivity index (χ2n) is 7.70. The third kappa shape index (κ3) is 8.83. The van der Waals surface area contributed by atoms with E-state index in [1.807, 2.05) is 0 Å². The number of ether oxygens (including phenoxy) is 2. The Balaban J connectivity index is 1.80. The Morgan fingerprint density at radius 1 is 0.774 bits per heavy atom. The lowest BCUT2D eigenvalue weighted by Crippen LogP contribution is -2.09. The van der Waals surface area contributed by atoms with Crippen LogP contribution < -0.4 is 9.47 Å². The van der Waals surface area contributed by atoms with Crippen LogP contribution in [0.25, 0.3) is 0 Å². The Hall–Kier alpha value is -2.82. The molecule has 0 radical (unpaired) electrons. The zero-order valence-electron chi connectivity index (χ0n) is 18.8. The Morgan fingerprint density at radius 3 is 2.00 bits per heavy atom. The third-order valence-corrected chi connectivity index (χ3v) is 5.14. The van der Waals surface area contributed by atoms with Crippen molar-refractivity contribution in [3.8, 4) is 11.5 Å². The lowest BCUT2D eigenvalue weighted by Gasteiger charge is -2.08. The summed E-state index contributed by atoms with van der Waals surface area (Å²) in [6.07, 6.45) is 10.0. The van der Waals surface area contributed by atoms with Crippen molar-refractivity contribution in [2.45, 2.75) is 71.6 Å². The summed E-state index contributed by atoms with van der Waals surface area (Å²) in [4.78, 5) is 12.4. The van der Waals surface area contributed by atoms with Gasteiger partial charge in [0.2, 0.25) is 0 Å². The molecule has 0 heterocycles. The molecule has 0 fully saturated rings. The van der Waals surface area contributed by atoms with Crippen LogP contribution in [0.3, 0.4) is 0 Å². The van der Waals surface area contributed by atoms with E-state index in [2.05, 4.69) is 19.0 Å². The van der Waals surface area contributed by atoms with Gasteiger partial charge in [0.25, 0.3) is 0 Å². The summed E-state index contributed by atoms with van der Waals surface area (Å²) in [5.74, 6) is 0.791. The van der Waals surface area contributed by atoms with Gasteiger partial charge in [-0.15, -0.1) is 0 Å². The average molecular weight is 426 g/mol. The molecule has 2 rings (SSSR count). The number of nitrogens with zero attached hydrogens (tertiary/aromatic N) is 1. The molecule has 0 spiro atoms. The van der Waals surface area contributed by atoms with E-state index < -0.39 is 5.97 Å². The van der Waals surface area contributed by atoms with Crippen molar-refractivity contribution in [1.29, 1.82) is 0 Å². The smallest absolute Gasteiger partial charge is 0.343 e. The molecule has 5 nitrogen and oxygen atoms in total. The van der Waals surface area contributed by atoms with E-state index in [9.17, 15) is 10.0 Å². The van der Waals surface area contributed by atoms with Crippen molar-refractivity contribution >= 4 is 11.7 Å². The van der Waals surface area contributed by atoms with Crippen molar-refractivity contribution < 1.29 is 19.5 Å². The second kappa shape index (κ2) is 14.2. The van der Waals surface area contributed by atoms with Gasteiger partial charge in [-0.05, 0) is 73.4 Å². The molecule has 2 aromatic rings. The quantitative estimate of drug-likeness (QED) is 0.0882. The number of oxime groups is 1. The molecule has 1 N–H and O–H groups in total. The highest BCUT2D eigenvalue weighted by molar-refractivity contribution is 6.00. The summed E-state index contributed by atoms with van der Waals surface area (Å²) < 4.78 is 11.2. The third-order valence-electron chi connectivity index (χ3n) is 5.14. The first-order valence-electron chi connectivity index (χ1n) is 11.4. The summed E-state index contributed by atoms with van der Waals surface area (Å²) in [6.45, 7) is 5.00. The zero-order valence-corrected chi connectivity index (χ0v) is 18.8. The number of hydrogen-bond acceptors (Lipinski definition) is 5. The van der Waals surface area contributed by atoms with Crippen LogP contribution in [0.2, 0.25) is 0 Å². The minimum atomic E-state index is -0.419. The molecule has 0 atom stereocenters. The lowest BCUT2D eigenvalue weighted by atomic mass is 10.0. The summed E-state index contributed by atoms with van der Waals surface area (Å²) in [6, 6.07) is 14.1. The molecule has 0 bridgehead atoms. The molecule has 5 heteroatoms. The average Bonchev–Trinajstić information content (AvgIpc) is 2.80.